The van der Waals surface area contributed by atoms with Crippen LogP contribution in [0.25, 0.3) is 21.6 Å². The number of nitrogens with zero attached hydrogens (tertiary/aromatic N) is 2. The van der Waals surface area contributed by atoms with Crippen molar-refractivity contribution in [3.8, 4) is 10.7 Å². The summed E-state index contributed by atoms with van der Waals surface area (Å²) in [6.45, 7) is 4.33. The summed E-state index contributed by atoms with van der Waals surface area (Å²) < 4.78 is 0. The van der Waals surface area contributed by atoms with E-state index in [2.05, 4.69) is 48.1 Å². The molecule has 2 heterocycles. The van der Waals surface area contributed by atoms with Gasteiger partial charge < -0.3 is 0 Å². The maximum Gasteiger partial charge on any atom is 0.171 e. The Morgan fingerprint density at radius 1 is 1.10 bits per heavy atom. The molecule has 0 unspecified atom stereocenters. The Bertz CT molecular complexity index is 780. The predicted molar refractivity (Wildman–Crippen MR) is 91.2 cm³/mol. The first kappa shape index (κ1) is 14.5. The first-order valence-corrected chi connectivity index (χ1v) is 8.46. The van der Waals surface area contributed by atoms with E-state index in [4.69, 9.17) is 11.6 Å². The average molecular weight is 317 g/mol. The molecule has 3 aromatic rings. The highest BCUT2D eigenvalue weighted by Gasteiger charge is 2.10. The third-order valence-electron chi connectivity index (χ3n) is 3.48. The van der Waals surface area contributed by atoms with Crippen LogP contribution in [0.3, 0.4) is 0 Å². The van der Waals surface area contributed by atoms with Crippen molar-refractivity contribution in [2.24, 2.45) is 0 Å². The van der Waals surface area contributed by atoms with Crippen LogP contribution in [-0.4, -0.2) is 9.97 Å². The largest absolute Gasteiger partial charge is 0.227 e. The van der Waals surface area contributed by atoms with Gasteiger partial charge in [-0.15, -0.1) is 11.3 Å². The lowest BCUT2D eigenvalue weighted by Gasteiger charge is -2.05. The van der Waals surface area contributed by atoms with Crippen molar-refractivity contribution in [3.05, 3.63) is 45.9 Å². The van der Waals surface area contributed by atoms with E-state index in [1.807, 2.05) is 6.07 Å². The number of halogens is 1. The van der Waals surface area contributed by atoms with Gasteiger partial charge in [0.15, 0.2) is 5.82 Å². The van der Waals surface area contributed by atoms with Crippen LogP contribution in [0, 0.1) is 0 Å². The SMILES string of the molecule is CCCc1ccc2nc(-c3ccc(CC)s3)nc(Cl)c2c1. The molecule has 0 atom stereocenters. The summed E-state index contributed by atoms with van der Waals surface area (Å²) in [6, 6.07) is 10.5. The topological polar surface area (TPSA) is 25.8 Å². The van der Waals surface area contributed by atoms with Gasteiger partial charge >= 0.3 is 0 Å². The number of thiophene rings is 1. The number of aromatic nitrogens is 2. The molecule has 0 saturated heterocycles. The first-order chi connectivity index (χ1) is 10.2. The van der Waals surface area contributed by atoms with E-state index >= 15 is 0 Å². The Balaban J connectivity index is 2.08. The number of aryl methyl sites for hydroxylation is 2. The maximum atomic E-state index is 6.38. The molecular weight excluding hydrogens is 300 g/mol. The standard InChI is InChI=1S/C17H17ClN2S/c1-3-5-11-6-8-14-13(10-11)16(18)20-17(19-14)15-9-7-12(4-2)21-15/h6-10H,3-5H2,1-2H3. The summed E-state index contributed by atoms with van der Waals surface area (Å²) in [4.78, 5) is 11.6. The number of rotatable bonds is 4. The second-order valence-electron chi connectivity index (χ2n) is 5.06. The minimum absolute atomic E-state index is 0.541. The highest BCUT2D eigenvalue weighted by atomic mass is 35.5. The molecule has 21 heavy (non-hydrogen) atoms. The minimum Gasteiger partial charge on any atom is -0.227 e. The Hall–Kier alpha value is -1.45. The third kappa shape index (κ3) is 2.94. The van der Waals surface area contributed by atoms with Crippen LogP contribution in [0.15, 0.2) is 30.3 Å². The van der Waals surface area contributed by atoms with Gasteiger partial charge in [-0.3, -0.25) is 0 Å². The Morgan fingerprint density at radius 2 is 1.95 bits per heavy atom. The summed E-state index contributed by atoms with van der Waals surface area (Å²) >= 11 is 8.11. The molecule has 0 saturated carbocycles. The first-order valence-electron chi connectivity index (χ1n) is 7.26. The van der Waals surface area contributed by atoms with Gasteiger partial charge in [0.25, 0.3) is 0 Å². The predicted octanol–water partition coefficient (Wildman–Crippen LogP) is 5.53. The molecule has 0 fully saturated rings. The number of hydrogen-bond acceptors (Lipinski definition) is 3. The van der Waals surface area contributed by atoms with Crippen LogP contribution in [-0.2, 0) is 12.8 Å². The van der Waals surface area contributed by atoms with Crippen molar-refractivity contribution in [2.75, 3.05) is 0 Å². The van der Waals surface area contributed by atoms with Crippen LogP contribution in [0.5, 0.6) is 0 Å². The Kier molecular flexibility index (Phi) is 4.22. The van der Waals surface area contributed by atoms with E-state index in [9.17, 15) is 0 Å². The highest BCUT2D eigenvalue weighted by molar-refractivity contribution is 7.15. The lowest BCUT2D eigenvalue weighted by Crippen LogP contribution is -1.92. The Morgan fingerprint density at radius 3 is 2.67 bits per heavy atom. The van der Waals surface area contributed by atoms with Crippen LogP contribution in [0.2, 0.25) is 5.15 Å². The maximum absolute atomic E-state index is 6.38. The molecule has 3 rings (SSSR count). The summed E-state index contributed by atoms with van der Waals surface area (Å²) in [5.41, 5.74) is 2.20. The fraction of sp³-hybridized carbons (Fsp3) is 0.294. The molecule has 0 radical (unpaired) electrons. The molecule has 0 amide bonds. The van der Waals surface area contributed by atoms with Crippen LogP contribution in [0.4, 0.5) is 0 Å². The molecule has 0 spiro atoms. The molecular formula is C17H17ClN2S. The lowest BCUT2D eigenvalue weighted by atomic mass is 10.1. The van der Waals surface area contributed by atoms with Gasteiger partial charge in [0.1, 0.15) is 5.15 Å². The zero-order valence-electron chi connectivity index (χ0n) is 12.2. The second-order valence-corrected chi connectivity index (χ2v) is 6.59. The smallest absolute Gasteiger partial charge is 0.171 e. The molecule has 2 nitrogen and oxygen atoms in total. The minimum atomic E-state index is 0.541. The third-order valence-corrected chi connectivity index (χ3v) is 5.00. The number of fused-ring (bicyclic) bond motifs is 1. The van der Waals surface area contributed by atoms with Crippen molar-refractivity contribution < 1.29 is 0 Å². The highest BCUT2D eigenvalue weighted by Crippen LogP contribution is 2.30. The van der Waals surface area contributed by atoms with Gasteiger partial charge in [0.2, 0.25) is 0 Å². The molecule has 0 aliphatic rings. The zero-order valence-corrected chi connectivity index (χ0v) is 13.8. The van der Waals surface area contributed by atoms with E-state index in [1.54, 1.807) is 11.3 Å². The van der Waals surface area contributed by atoms with Crippen LogP contribution >= 0.6 is 22.9 Å². The molecule has 108 valence electrons. The van der Waals surface area contributed by atoms with Gasteiger partial charge in [0.05, 0.1) is 10.4 Å². The quantitative estimate of drug-likeness (QED) is 0.592. The molecule has 4 heteroatoms. The van der Waals surface area contributed by atoms with Crippen LogP contribution in [0.1, 0.15) is 30.7 Å². The van der Waals surface area contributed by atoms with Gasteiger partial charge in [0, 0.05) is 10.3 Å². The summed E-state index contributed by atoms with van der Waals surface area (Å²) in [5.74, 6) is 0.723. The summed E-state index contributed by atoms with van der Waals surface area (Å²) in [7, 11) is 0. The molecule has 0 aliphatic carbocycles. The summed E-state index contributed by atoms with van der Waals surface area (Å²) in [6.07, 6.45) is 3.21. The molecule has 0 N–H and O–H groups in total. The van der Waals surface area contributed by atoms with Crippen molar-refractivity contribution in [1.29, 1.82) is 0 Å². The zero-order chi connectivity index (χ0) is 14.8. The Labute approximate surface area is 133 Å². The van der Waals surface area contributed by atoms with E-state index < -0.39 is 0 Å². The van der Waals surface area contributed by atoms with E-state index in [-0.39, 0.29) is 0 Å². The fourth-order valence-corrected chi connectivity index (χ4v) is 3.49. The van der Waals surface area contributed by atoms with Gasteiger partial charge in [-0.1, -0.05) is 37.9 Å². The van der Waals surface area contributed by atoms with Gasteiger partial charge in [-0.05, 0) is 42.7 Å². The molecule has 0 bridgehead atoms. The molecule has 2 aromatic heterocycles. The molecule has 0 aliphatic heterocycles. The lowest BCUT2D eigenvalue weighted by molar-refractivity contribution is 0.923. The summed E-state index contributed by atoms with van der Waals surface area (Å²) in [5, 5.41) is 1.48. The van der Waals surface area contributed by atoms with Gasteiger partial charge in [-0.25, -0.2) is 9.97 Å². The van der Waals surface area contributed by atoms with E-state index in [0.717, 1.165) is 40.9 Å². The van der Waals surface area contributed by atoms with Crippen molar-refractivity contribution >= 4 is 33.8 Å². The number of benzene rings is 1. The van der Waals surface area contributed by atoms with E-state index in [0.29, 0.717) is 5.15 Å². The normalized spacial score (nSPS) is 11.2. The monoisotopic (exact) mass is 316 g/mol. The number of hydrogen-bond donors (Lipinski definition) is 0. The van der Waals surface area contributed by atoms with Gasteiger partial charge in [-0.2, -0.15) is 0 Å². The molecule has 1 aromatic carbocycles. The second kappa shape index (κ2) is 6.12. The van der Waals surface area contributed by atoms with Crippen molar-refractivity contribution in [1.82, 2.24) is 9.97 Å². The van der Waals surface area contributed by atoms with Crippen molar-refractivity contribution in [3.63, 3.8) is 0 Å². The van der Waals surface area contributed by atoms with Crippen molar-refractivity contribution in [2.45, 2.75) is 33.1 Å². The fourth-order valence-electron chi connectivity index (χ4n) is 2.38. The van der Waals surface area contributed by atoms with Crippen LogP contribution < -0.4 is 0 Å². The van der Waals surface area contributed by atoms with E-state index in [1.165, 1.54) is 10.4 Å². The average Bonchev–Trinajstić information content (AvgIpc) is 2.97.